The standard InChI is InChI=1S/C19H19BrN4O/c1-19(2)7-5-13(6-8-19)15-11-14(20)3-4-16(15)23-18(25)17-22-9-10-24(17)12-21/h3-5,9-11H,6-8H2,1-2H3,(H,23,25). The summed E-state index contributed by atoms with van der Waals surface area (Å²) in [5.74, 6) is -0.318. The van der Waals surface area contributed by atoms with Crippen molar-refractivity contribution in [2.45, 2.75) is 33.1 Å². The Morgan fingerprint density at radius 1 is 1.44 bits per heavy atom. The van der Waals surface area contributed by atoms with Crippen molar-refractivity contribution >= 4 is 33.1 Å². The van der Waals surface area contributed by atoms with Crippen molar-refractivity contribution in [1.29, 1.82) is 5.26 Å². The van der Waals surface area contributed by atoms with E-state index in [2.05, 4.69) is 46.2 Å². The van der Waals surface area contributed by atoms with E-state index in [0.717, 1.165) is 39.6 Å². The van der Waals surface area contributed by atoms with Crippen LogP contribution in [-0.2, 0) is 0 Å². The zero-order valence-corrected chi connectivity index (χ0v) is 15.8. The molecule has 0 atom stereocenters. The van der Waals surface area contributed by atoms with Crippen LogP contribution in [0, 0.1) is 16.9 Å². The Morgan fingerprint density at radius 3 is 2.92 bits per heavy atom. The molecule has 0 saturated heterocycles. The number of nitrogens with zero attached hydrogens (tertiary/aromatic N) is 3. The third-order valence-corrected chi connectivity index (χ3v) is 4.99. The second-order valence-corrected chi connectivity index (χ2v) is 7.88. The largest absolute Gasteiger partial charge is 0.319 e. The number of carbonyl (C=O) groups excluding carboxylic acids is 1. The summed E-state index contributed by atoms with van der Waals surface area (Å²) in [6, 6.07) is 5.79. The Bertz CT molecular complexity index is 889. The molecule has 1 amide bonds. The number of benzene rings is 1. The molecule has 0 saturated carbocycles. The number of imidazole rings is 1. The lowest BCUT2D eigenvalue weighted by molar-refractivity contribution is 0.101. The molecule has 6 heteroatoms. The maximum absolute atomic E-state index is 12.5. The number of anilines is 1. The lowest BCUT2D eigenvalue weighted by atomic mass is 9.77. The molecule has 0 radical (unpaired) electrons. The maximum Gasteiger partial charge on any atom is 0.292 e. The summed E-state index contributed by atoms with van der Waals surface area (Å²) >= 11 is 3.51. The number of nitriles is 1. The molecule has 3 rings (SSSR count). The number of nitrogens with one attached hydrogen (secondary N) is 1. The van der Waals surface area contributed by atoms with Gasteiger partial charge < -0.3 is 5.32 Å². The zero-order valence-electron chi connectivity index (χ0n) is 14.2. The van der Waals surface area contributed by atoms with Gasteiger partial charge in [-0.1, -0.05) is 35.9 Å². The maximum atomic E-state index is 12.5. The van der Waals surface area contributed by atoms with Crippen molar-refractivity contribution in [2.24, 2.45) is 5.41 Å². The van der Waals surface area contributed by atoms with E-state index in [9.17, 15) is 4.79 Å². The summed E-state index contributed by atoms with van der Waals surface area (Å²) in [5, 5.41) is 11.9. The van der Waals surface area contributed by atoms with Gasteiger partial charge in [-0.2, -0.15) is 5.26 Å². The number of rotatable bonds is 3. The molecule has 0 bridgehead atoms. The van der Waals surface area contributed by atoms with E-state index in [4.69, 9.17) is 5.26 Å². The molecular formula is C19H19BrN4O. The first-order valence-corrected chi connectivity index (χ1v) is 8.93. The Kier molecular flexibility index (Phi) is 4.78. The van der Waals surface area contributed by atoms with Gasteiger partial charge in [0.2, 0.25) is 5.82 Å². The number of aromatic nitrogens is 2. The SMILES string of the molecule is CC1(C)CC=C(c2cc(Br)ccc2NC(=O)c2nccn2C#N)CC1. The van der Waals surface area contributed by atoms with Crippen molar-refractivity contribution in [3.05, 3.63) is 52.5 Å². The summed E-state index contributed by atoms with van der Waals surface area (Å²) in [4.78, 5) is 16.5. The summed E-state index contributed by atoms with van der Waals surface area (Å²) < 4.78 is 2.11. The van der Waals surface area contributed by atoms with E-state index in [-0.39, 0.29) is 5.82 Å². The minimum atomic E-state index is -0.396. The van der Waals surface area contributed by atoms with Gasteiger partial charge in [-0.3, -0.25) is 4.79 Å². The second kappa shape index (κ2) is 6.85. The van der Waals surface area contributed by atoms with Crippen LogP contribution in [0.2, 0.25) is 0 Å². The molecule has 1 aromatic heterocycles. The fourth-order valence-corrected chi connectivity index (χ4v) is 3.30. The third-order valence-electron chi connectivity index (χ3n) is 4.50. The number of allylic oxidation sites excluding steroid dienone is 2. The van der Waals surface area contributed by atoms with Gasteiger partial charge in [-0.05, 0) is 48.4 Å². The number of carbonyl (C=O) groups is 1. The predicted octanol–water partition coefficient (Wildman–Crippen LogP) is 4.82. The molecule has 5 nitrogen and oxygen atoms in total. The van der Waals surface area contributed by atoms with Crippen LogP contribution in [0.4, 0.5) is 5.69 Å². The summed E-state index contributed by atoms with van der Waals surface area (Å²) in [5.41, 5.74) is 3.29. The smallest absolute Gasteiger partial charge is 0.292 e. The van der Waals surface area contributed by atoms with Crippen molar-refractivity contribution < 1.29 is 4.79 Å². The highest BCUT2D eigenvalue weighted by molar-refractivity contribution is 9.10. The fourth-order valence-electron chi connectivity index (χ4n) is 2.94. The van der Waals surface area contributed by atoms with E-state index in [0.29, 0.717) is 5.41 Å². The minimum absolute atomic E-state index is 0.0788. The molecule has 1 N–H and O–H groups in total. The molecule has 1 heterocycles. The van der Waals surface area contributed by atoms with Gasteiger partial charge in [0, 0.05) is 28.1 Å². The van der Waals surface area contributed by atoms with Crippen LogP contribution in [0.5, 0.6) is 0 Å². The van der Waals surface area contributed by atoms with Crippen LogP contribution < -0.4 is 5.32 Å². The first-order valence-electron chi connectivity index (χ1n) is 8.13. The van der Waals surface area contributed by atoms with Gasteiger partial charge >= 0.3 is 0 Å². The van der Waals surface area contributed by atoms with Crippen molar-refractivity contribution in [3.8, 4) is 6.19 Å². The number of halogens is 1. The molecule has 128 valence electrons. The lowest BCUT2D eigenvalue weighted by Gasteiger charge is -2.29. The summed E-state index contributed by atoms with van der Waals surface area (Å²) in [6.07, 6.45) is 10.2. The van der Waals surface area contributed by atoms with Gasteiger partial charge in [-0.15, -0.1) is 0 Å². The van der Waals surface area contributed by atoms with Gasteiger partial charge in [0.15, 0.2) is 6.19 Å². The Balaban J connectivity index is 1.92. The zero-order chi connectivity index (χ0) is 18.0. The highest BCUT2D eigenvalue weighted by Crippen LogP contribution is 2.40. The van der Waals surface area contributed by atoms with Gasteiger partial charge in [0.25, 0.3) is 5.91 Å². The van der Waals surface area contributed by atoms with E-state index >= 15 is 0 Å². The molecule has 1 aliphatic carbocycles. The predicted molar refractivity (Wildman–Crippen MR) is 101 cm³/mol. The normalized spacial score (nSPS) is 16.0. The number of hydrogen-bond donors (Lipinski definition) is 1. The van der Waals surface area contributed by atoms with E-state index in [1.165, 1.54) is 18.0 Å². The average Bonchev–Trinajstić information content (AvgIpc) is 3.05. The van der Waals surface area contributed by atoms with Crippen LogP contribution in [0.25, 0.3) is 5.57 Å². The van der Waals surface area contributed by atoms with Crippen LogP contribution in [0.15, 0.2) is 41.1 Å². The monoisotopic (exact) mass is 398 g/mol. The van der Waals surface area contributed by atoms with Crippen LogP contribution in [0.3, 0.4) is 0 Å². The van der Waals surface area contributed by atoms with Crippen molar-refractivity contribution in [3.63, 3.8) is 0 Å². The molecule has 1 aliphatic rings. The Hall–Kier alpha value is -2.39. The van der Waals surface area contributed by atoms with Gasteiger partial charge in [0.1, 0.15) is 0 Å². The highest BCUT2D eigenvalue weighted by atomic mass is 79.9. The Labute approximate surface area is 155 Å². The Morgan fingerprint density at radius 2 is 2.24 bits per heavy atom. The summed E-state index contributed by atoms with van der Waals surface area (Å²) in [7, 11) is 0. The van der Waals surface area contributed by atoms with Gasteiger partial charge in [-0.25, -0.2) is 9.55 Å². The molecule has 25 heavy (non-hydrogen) atoms. The number of hydrogen-bond acceptors (Lipinski definition) is 3. The first-order chi connectivity index (χ1) is 11.9. The van der Waals surface area contributed by atoms with E-state index < -0.39 is 5.91 Å². The first kappa shape index (κ1) is 17.4. The van der Waals surface area contributed by atoms with Crippen LogP contribution >= 0.6 is 15.9 Å². The van der Waals surface area contributed by atoms with E-state index in [1.807, 2.05) is 24.4 Å². The topological polar surface area (TPSA) is 70.7 Å². The number of amides is 1. The van der Waals surface area contributed by atoms with Gasteiger partial charge in [0.05, 0.1) is 0 Å². The van der Waals surface area contributed by atoms with Crippen molar-refractivity contribution in [2.75, 3.05) is 5.32 Å². The minimum Gasteiger partial charge on any atom is -0.319 e. The molecule has 2 aromatic rings. The van der Waals surface area contributed by atoms with Crippen molar-refractivity contribution in [1.82, 2.24) is 9.55 Å². The fraction of sp³-hybridized carbons (Fsp3) is 0.316. The third kappa shape index (κ3) is 3.83. The van der Waals surface area contributed by atoms with Crippen LogP contribution in [0.1, 0.15) is 49.3 Å². The molecule has 0 spiro atoms. The average molecular weight is 399 g/mol. The lowest BCUT2D eigenvalue weighted by Crippen LogP contribution is -2.18. The molecular weight excluding hydrogens is 380 g/mol. The quantitative estimate of drug-likeness (QED) is 0.805. The van der Waals surface area contributed by atoms with Crippen LogP contribution in [-0.4, -0.2) is 15.5 Å². The summed E-state index contributed by atoms with van der Waals surface area (Å²) in [6.45, 7) is 4.54. The highest BCUT2D eigenvalue weighted by Gasteiger charge is 2.24. The molecule has 0 unspecified atom stereocenters. The second-order valence-electron chi connectivity index (χ2n) is 6.96. The molecule has 1 aromatic carbocycles. The molecule has 0 fully saturated rings. The van der Waals surface area contributed by atoms with E-state index in [1.54, 1.807) is 0 Å². The molecule has 0 aliphatic heterocycles.